The number of benzene rings is 1. The molecule has 0 aliphatic carbocycles. The van der Waals surface area contributed by atoms with Gasteiger partial charge in [-0.25, -0.2) is 8.42 Å². The Morgan fingerprint density at radius 2 is 1.93 bits per heavy atom. The van der Waals surface area contributed by atoms with E-state index in [9.17, 15) is 13.2 Å². The van der Waals surface area contributed by atoms with Crippen molar-refractivity contribution in [3.05, 3.63) is 45.8 Å². The first kappa shape index (κ1) is 20.1. The number of hydrogen-bond acceptors (Lipinski definition) is 5. The van der Waals surface area contributed by atoms with Crippen molar-refractivity contribution in [1.82, 2.24) is 9.88 Å². The Morgan fingerprint density at radius 1 is 1.21 bits per heavy atom. The van der Waals surface area contributed by atoms with Crippen LogP contribution in [0, 0.1) is 0 Å². The standard InChI is InChI=1S/C21H25N3O3S2/c1-24(2)11-16-7-15(12-28-16)14-8-17-19(13-3-5-29(26,27)6-4-13)10-23-20(17)18(9-14)21(22)25/h7-10,12-13,23H,3-6,11H2,1-2H3,(H2,22,25). The van der Waals surface area contributed by atoms with E-state index >= 15 is 0 Å². The highest BCUT2D eigenvalue weighted by Gasteiger charge is 2.27. The molecule has 0 atom stereocenters. The molecule has 2 aromatic heterocycles. The molecule has 1 fully saturated rings. The number of carbonyl (C=O) groups is 1. The Labute approximate surface area is 174 Å². The first-order valence-corrected chi connectivity index (χ1v) is 12.3. The number of hydrogen-bond donors (Lipinski definition) is 2. The zero-order chi connectivity index (χ0) is 20.8. The summed E-state index contributed by atoms with van der Waals surface area (Å²) >= 11 is 1.69. The fourth-order valence-electron chi connectivity index (χ4n) is 4.08. The van der Waals surface area contributed by atoms with E-state index in [0.29, 0.717) is 18.4 Å². The molecule has 0 bridgehead atoms. The molecule has 1 aliphatic rings. The van der Waals surface area contributed by atoms with Crippen molar-refractivity contribution < 1.29 is 13.2 Å². The molecular formula is C21H25N3O3S2. The van der Waals surface area contributed by atoms with E-state index in [-0.39, 0.29) is 17.4 Å². The Balaban J connectivity index is 1.78. The number of aromatic nitrogens is 1. The number of thiophene rings is 1. The second-order valence-corrected chi connectivity index (χ2v) is 11.3. The fraction of sp³-hybridized carbons (Fsp3) is 0.381. The maximum absolute atomic E-state index is 12.1. The smallest absolute Gasteiger partial charge is 0.250 e. The van der Waals surface area contributed by atoms with Crippen LogP contribution < -0.4 is 5.73 Å². The Hall–Kier alpha value is -2.16. The van der Waals surface area contributed by atoms with E-state index in [1.54, 1.807) is 11.3 Å². The maximum atomic E-state index is 12.1. The van der Waals surface area contributed by atoms with E-state index in [1.807, 2.05) is 26.4 Å². The summed E-state index contributed by atoms with van der Waals surface area (Å²) in [6, 6.07) is 6.09. The molecule has 0 spiro atoms. The van der Waals surface area contributed by atoms with Gasteiger partial charge in [0.25, 0.3) is 5.91 Å². The Bertz CT molecular complexity index is 1160. The van der Waals surface area contributed by atoms with Gasteiger partial charge in [0.1, 0.15) is 9.84 Å². The van der Waals surface area contributed by atoms with Crippen molar-refractivity contribution in [3.8, 4) is 11.1 Å². The summed E-state index contributed by atoms with van der Waals surface area (Å²) in [7, 11) is 1.14. The fourth-order valence-corrected chi connectivity index (χ4v) is 6.58. The largest absolute Gasteiger partial charge is 0.366 e. The minimum Gasteiger partial charge on any atom is -0.366 e. The number of carbonyl (C=O) groups excluding carboxylic acids is 1. The maximum Gasteiger partial charge on any atom is 0.250 e. The van der Waals surface area contributed by atoms with Gasteiger partial charge in [0.05, 0.1) is 22.6 Å². The number of amides is 1. The molecule has 3 aromatic rings. The molecule has 0 unspecified atom stereocenters. The normalized spacial score (nSPS) is 17.2. The molecule has 29 heavy (non-hydrogen) atoms. The summed E-state index contributed by atoms with van der Waals surface area (Å²) in [6.45, 7) is 0.863. The lowest BCUT2D eigenvalue weighted by Gasteiger charge is -2.21. The average molecular weight is 432 g/mol. The van der Waals surface area contributed by atoms with Crippen molar-refractivity contribution in [3.63, 3.8) is 0 Å². The third kappa shape index (κ3) is 4.10. The van der Waals surface area contributed by atoms with Gasteiger partial charge in [-0.3, -0.25) is 4.79 Å². The SMILES string of the molecule is CN(C)Cc1cc(-c2cc(C(N)=O)c3[nH]cc(C4CCS(=O)(=O)CC4)c3c2)cs1. The molecule has 0 radical (unpaired) electrons. The monoisotopic (exact) mass is 431 g/mol. The van der Waals surface area contributed by atoms with Crippen LogP contribution in [0.2, 0.25) is 0 Å². The van der Waals surface area contributed by atoms with Crippen molar-refractivity contribution >= 4 is 38.0 Å². The lowest BCUT2D eigenvalue weighted by atomic mass is 9.91. The lowest BCUT2D eigenvalue weighted by Crippen LogP contribution is -2.22. The minimum absolute atomic E-state index is 0.162. The van der Waals surface area contributed by atoms with Gasteiger partial charge >= 0.3 is 0 Å². The second-order valence-electron chi connectivity index (χ2n) is 8.02. The summed E-state index contributed by atoms with van der Waals surface area (Å²) in [5.41, 5.74) is 9.97. The molecule has 1 amide bonds. The molecule has 0 saturated carbocycles. The van der Waals surface area contributed by atoms with E-state index in [4.69, 9.17) is 5.73 Å². The highest BCUT2D eigenvalue weighted by atomic mass is 32.2. The zero-order valence-electron chi connectivity index (χ0n) is 16.6. The van der Waals surface area contributed by atoms with Gasteiger partial charge < -0.3 is 15.6 Å². The first-order chi connectivity index (χ1) is 13.7. The van der Waals surface area contributed by atoms with Crippen LogP contribution in [0.3, 0.4) is 0 Å². The highest BCUT2D eigenvalue weighted by Crippen LogP contribution is 2.38. The number of nitrogens with one attached hydrogen (secondary N) is 1. The molecule has 1 saturated heterocycles. The summed E-state index contributed by atoms with van der Waals surface area (Å²) in [5.74, 6) is 0.117. The van der Waals surface area contributed by atoms with E-state index in [0.717, 1.165) is 34.1 Å². The topological polar surface area (TPSA) is 96.3 Å². The predicted octanol–water partition coefficient (Wildman–Crippen LogP) is 3.35. The van der Waals surface area contributed by atoms with Crippen molar-refractivity contribution in [2.24, 2.45) is 5.73 Å². The molecular weight excluding hydrogens is 406 g/mol. The number of nitrogens with two attached hydrogens (primary N) is 1. The first-order valence-electron chi connectivity index (χ1n) is 9.61. The van der Waals surface area contributed by atoms with Crippen LogP contribution in [0.4, 0.5) is 0 Å². The van der Waals surface area contributed by atoms with Gasteiger partial charge in [-0.05, 0) is 73.1 Å². The number of H-pyrrole nitrogens is 1. The molecule has 154 valence electrons. The molecule has 1 aliphatic heterocycles. The minimum atomic E-state index is -2.93. The van der Waals surface area contributed by atoms with Gasteiger partial charge in [-0.1, -0.05) is 0 Å². The second kappa shape index (κ2) is 7.59. The van der Waals surface area contributed by atoms with Gasteiger partial charge in [-0.15, -0.1) is 11.3 Å². The molecule has 6 nitrogen and oxygen atoms in total. The Morgan fingerprint density at radius 3 is 2.59 bits per heavy atom. The quantitative estimate of drug-likeness (QED) is 0.647. The summed E-state index contributed by atoms with van der Waals surface area (Å²) in [6.07, 6.45) is 3.13. The summed E-state index contributed by atoms with van der Waals surface area (Å²) in [5, 5.41) is 3.06. The van der Waals surface area contributed by atoms with Crippen molar-refractivity contribution in [2.75, 3.05) is 25.6 Å². The molecule has 3 heterocycles. The van der Waals surface area contributed by atoms with Crippen LogP contribution in [-0.4, -0.2) is 49.8 Å². The number of primary amides is 1. The van der Waals surface area contributed by atoms with Crippen molar-refractivity contribution in [2.45, 2.75) is 25.3 Å². The Kier molecular flexibility index (Phi) is 5.27. The summed E-state index contributed by atoms with van der Waals surface area (Å²) < 4.78 is 23.6. The van der Waals surface area contributed by atoms with Crippen LogP contribution in [0.5, 0.6) is 0 Å². The lowest BCUT2D eigenvalue weighted by molar-refractivity contribution is 0.100. The van der Waals surface area contributed by atoms with Crippen LogP contribution in [0.25, 0.3) is 22.0 Å². The predicted molar refractivity (Wildman–Crippen MR) is 118 cm³/mol. The number of aromatic amines is 1. The highest BCUT2D eigenvalue weighted by molar-refractivity contribution is 7.91. The molecule has 4 rings (SSSR count). The molecule has 1 aromatic carbocycles. The molecule has 8 heteroatoms. The third-order valence-corrected chi connectivity index (χ3v) is 8.18. The van der Waals surface area contributed by atoms with Crippen LogP contribution >= 0.6 is 11.3 Å². The number of nitrogens with zero attached hydrogens (tertiary/aromatic N) is 1. The van der Waals surface area contributed by atoms with Crippen LogP contribution in [0.15, 0.2) is 29.8 Å². The van der Waals surface area contributed by atoms with Gasteiger partial charge in [0.15, 0.2) is 0 Å². The molecule has 3 N–H and O–H groups in total. The third-order valence-electron chi connectivity index (χ3n) is 5.54. The number of sulfone groups is 1. The number of rotatable bonds is 5. The zero-order valence-corrected chi connectivity index (χ0v) is 18.2. The van der Waals surface area contributed by atoms with Gasteiger partial charge in [0, 0.05) is 23.0 Å². The van der Waals surface area contributed by atoms with Crippen molar-refractivity contribution in [1.29, 1.82) is 0 Å². The number of fused-ring (bicyclic) bond motifs is 1. The van der Waals surface area contributed by atoms with Crippen LogP contribution in [-0.2, 0) is 16.4 Å². The van der Waals surface area contributed by atoms with E-state index in [1.165, 1.54) is 4.88 Å². The van der Waals surface area contributed by atoms with Gasteiger partial charge in [-0.2, -0.15) is 0 Å². The van der Waals surface area contributed by atoms with E-state index in [2.05, 4.69) is 27.4 Å². The van der Waals surface area contributed by atoms with Crippen LogP contribution in [0.1, 0.15) is 39.6 Å². The van der Waals surface area contributed by atoms with E-state index < -0.39 is 15.7 Å². The average Bonchev–Trinajstić information content (AvgIpc) is 3.27. The summed E-state index contributed by atoms with van der Waals surface area (Å²) in [4.78, 5) is 18.7. The van der Waals surface area contributed by atoms with Gasteiger partial charge in [0.2, 0.25) is 0 Å².